The van der Waals surface area contributed by atoms with Crippen molar-refractivity contribution in [2.45, 2.75) is 83.7 Å². The highest BCUT2D eigenvalue weighted by Gasteiger charge is 2.38. The van der Waals surface area contributed by atoms with Gasteiger partial charge >= 0.3 is 13.5 Å². The third kappa shape index (κ3) is 6.13. The van der Waals surface area contributed by atoms with Crippen LogP contribution in [0.2, 0.25) is 18.1 Å². The Morgan fingerprint density at radius 3 is 2.31 bits per heavy atom. The number of hydrogen-bond donors (Lipinski definition) is 2. The zero-order valence-corrected chi connectivity index (χ0v) is 21.8. The molecule has 2 N–H and O–H groups in total. The third-order valence-corrected chi connectivity index (χ3v) is 10.8. The lowest BCUT2D eigenvalue weighted by Gasteiger charge is -2.37. The SMILES string of the molecule is CC(C)(O)C(C)(C)O[B]c1ccc(N2CCN(CCCC(C)(C)[Si](C)(C)O)C2=O)c(F)c1. The molecule has 0 aromatic heterocycles. The average Bonchev–Trinajstić information content (AvgIpc) is 2.99. The Bertz CT molecular complexity index is 821. The molecular formula is C23H39BFN2O4Si. The molecule has 6 nitrogen and oxygen atoms in total. The van der Waals surface area contributed by atoms with Crippen molar-refractivity contribution in [1.82, 2.24) is 4.90 Å². The molecule has 1 fully saturated rings. The van der Waals surface area contributed by atoms with Gasteiger partial charge in [0.25, 0.3) is 0 Å². The molecule has 1 saturated heterocycles. The molecule has 2 rings (SSSR count). The minimum atomic E-state index is -2.28. The Morgan fingerprint density at radius 2 is 1.78 bits per heavy atom. The Labute approximate surface area is 194 Å². The normalized spacial score (nSPS) is 16.2. The van der Waals surface area contributed by atoms with Gasteiger partial charge in [0, 0.05) is 19.6 Å². The largest absolute Gasteiger partial charge is 0.432 e. The van der Waals surface area contributed by atoms with Crippen LogP contribution in [0.5, 0.6) is 0 Å². The summed E-state index contributed by atoms with van der Waals surface area (Å²) in [5.41, 5.74) is -1.15. The molecule has 179 valence electrons. The van der Waals surface area contributed by atoms with Crippen LogP contribution in [-0.2, 0) is 4.65 Å². The van der Waals surface area contributed by atoms with E-state index in [1.807, 2.05) is 13.1 Å². The first-order chi connectivity index (χ1) is 14.5. The molecule has 1 aromatic rings. The van der Waals surface area contributed by atoms with Crippen molar-refractivity contribution in [3.05, 3.63) is 24.0 Å². The standard InChI is InChI=1S/C23H39BFN2O4Si/c1-21(2,32(7,8)30)12-9-13-26-14-15-27(20(26)28)19-11-10-17(16-18(19)25)24-31-23(5,6)22(3,4)29/h10-11,16,29-30H,9,12-15H2,1-8H3. The van der Waals surface area contributed by atoms with Crippen LogP contribution in [0.1, 0.15) is 54.4 Å². The number of aliphatic hydroxyl groups is 1. The molecule has 1 aliphatic heterocycles. The van der Waals surface area contributed by atoms with Crippen molar-refractivity contribution in [3.63, 3.8) is 0 Å². The van der Waals surface area contributed by atoms with Gasteiger partial charge < -0.3 is 19.5 Å². The second-order valence-corrected chi connectivity index (χ2v) is 15.5. The molecule has 1 aliphatic rings. The molecule has 0 bridgehead atoms. The Kier molecular flexibility index (Phi) is 7.92. The van der Waals surface area contributed by atoms with E-state index in [-0.39, 0.29) is 16.8 Å². The zero-order chi connectivity index (χ0) is 24.5. The predicted octanol–water partition coefficient (Wildman–Crippen LogP) is 3.64. The van der Waals surface area contributed by atoms with Crippen molar-refractivity contribution in [1.29, 1.82) is 0 Å². The average molecular weight is 465 g/mol. The lowest BCUT2D eigenvalue weighted by Crippen LogP contribution is -2.49. The molecule has 32 heavy (non-hydrogen) atoms. The monoisotopic (exact) mass is 465 g/mol. The highest BCUT2D eigenvalue weighted by molar-refractivity contribution is 6.72. The van der Waals surface area contributed by atoms with Crippen LogP contribution >= 0.6 is 0 Å². The van der Waals surface area contributed by atoms with E-state index in [2.05, 4.69) is 13.8 Å². The number of halogens is 1. The predicted molar refractivity (Wildman–Crippen MR) is 131 cm³/mol. The molecule has 0 unspecified atom stereocenters. The smallest absolute Gasteiger partial charge is 0.331 e. The van der Waals surface area contributed by atoms with Gasteiger partial charge in [-0.1, -0.05) is 25.4 Å². The molecule has 1 heterocycles. The second kappa shape index (κ2) is 9.45. The number of benzene rings is 1. The fourth-order valence-corrected chi connectivity index (χ4v) is 3.99. The number of amides is 2. The van der Waals surface area contributed by atoms with Crippen LogP contribution in [-0.4, -0.2) is 67.5 Å². The first kappa shape index (κ1) is 26.8. The second-order valence-electron chi connectivity index (χ2n) is 11.0. The van der Waals surface area contributed by atoms with Gasteiger partial charge in [-0.05, 0) is 70.8 Å². The maximum Gasteiger partial charge on any atom is 0.331 e. The quantitative estimate of drug-likeness (QED) is 0.518. The van der Waals surface area contributed by atoms with E-state index in [4.69, 9.17) is 4.65 Å². The van der Waals surface area contributed by atoms with E-state index in [1.165, 1.54) is 18.4 Å². The number of carbonyl (C=O) groups excluding carboxylic acids is 1. The maximum absolute atomic E-state index is 14.8. The summed E-state index contributed by atoms with van der Waals surface area (Å²) in [7, 11) is -0.850. The number of rotatable bonds is 10. The summed E-state index contributed by atoms with van der Waals surface area (Å²) >= 11 is 0. The molecule has 1 radical (unpaired) electrons. The van der Waals surface area contributed by atoms with E-state index in [1.54, 1.807) is 44.7 Å². The summed E-state index contributed by atoms with van der Waals surface area (Å²) < 4.78 is 20.5. The van der Waals surface area contributed by atoms with E-state index in [0.717, 1.165) is 12.8 Å². The number of nitrogens with zero attached hydrogens (tertiary/aromatic N) is 2. The van der Waals surface area contributed by atoms with Crippen LogP contribution in [0, 0.1) is 5.82 Å². The number of carbonyl (C=O) groups is 1. The fourth-order valence-electron chi connectivity index (χ4n) is 3.21. The van der Waals surface area contributed by atoms with Gasteiger partial charge in [-0.15, -0.1) is 0 Å². The highest BCUT2D eigenvalue weighted by Crippen LogP contribution is 2.39. The molecule has 2 amide bonds. The topological polar surface area (TPSA) is 73.2 Å². The summed E-state index contributed by atoms with van der Waals surface area (Å²) in [6.45, 7) is 16.5. The Balaban J connectivity index is 1.98. The first-order valence-corrected chi connectivity index (χ1v) is 14.2. The Morgan fingerprint density at radius 1 is 1.16 bits per heavy atom. The van der Waals surface area contributed by atoms with Gasteiger partial charge in [-0.3, -0.25) is 4.90 Å². The van der Waals surface area contributed by atoms with Crippen LogP contribution in [0.4, 0.5) is 14.9 Å². The lowest BCUT2D eigenvalue weighted by molar-refractivity contribution is -0.0893. The van der Waals surface area contributed by atoms with Gasteiger partial charge in [-0.25, -0.2) is 9.18 Å². The number of hydrogen-bond acceptors (Lipinski definition) is 4. The van der Waals surface area contributed by atoms with Gasteiger partial charge in [0.2, 0.25) is 0 Å². The minimum Gasteiger partial charge on any atom is -0.432 e. The lowest BCUT2D eigenvalue weighted by atomic mass is 9.82. The van der Waals surface area contributed by atoms with Crippen LogP contribution in [0.15, 0.2) is 18.2 Å². The van der Waals surface area contributed by atoms with Gasteiger partial charge in [0.15, 0.2) is 8.32 Å². The van der Waals surface area contributed by atoms with E-state index in [9.17, 15) is 19.1 Å². The summed E-state index contributed by atoms with van der Waals surface area (Å²) in [6, 6.07) is 4.43. The van der Waals surface area contributed by atoms with Gasteiger partial charge in [0.05, 0.1) is 16.9 Å². The number of urea groups is 1. The summed E-state index contributed by atoms with van der Waals surface area (Å²) in [5.74, 6) is -0.493. The summed E-state index contributed by atoms with van der Waals surface area (Å²) in [6.07, 6.45) is 1.64. The molecule has 0 aliphatic carbocycles. The van der Waals surface area contributed by atoms with Crippen LogP contribution < -0.4 is 10.4 Å². The Hall–Kier alpha value is -1.42. The van der Waals surface area contributed by atoms with E-state index >= 15 is 0 Å². The molecule has 9 heteroatoms. The number of anilines is 1. The third-order valence-electron chi connectivity index (χ3n) is 7.21. The van der Waals surface area contributed by atoms with E-state index in [0.29, 0.717) is 25.1 Å². The van der Waals surface area contributed by atoms with Crippen molar-refractivity contribution >= 4 is 33.0 Å². The van der Waals surface area contributed by atoms with Crippen LogP contribution in [0.25, 0.3) is 0 Å². The van der Waals surface area contributed by atoms with Crippen molar-refractivity contribution < 1.29 is 23.7 Å². The van der Waals surface area contributed by atoms with Crippen molar-refractivity contribution in [2.24, 2.45) is 0 Å². The minimum absolute atomic E-state index is 0.129. The molecule has 0 atom stereocenters. The van der Waals surface area contributed by atoms with Gasteiger partial charge in [0.1, 0.15) is 5.82 Å². The highest BCUT2D eigenvalue weighted by atomic mass is 28.4. The summed E-state index contributed by atoms with van der Waals surface area (Å²) in [5, 5.41) is 10.1. The van der Waals surface area contributed by atoms with Crippen molar-refractivity contribution in [2.75, 3.05) is 24.5 Å². The van der Waals surface area contributed by atoms with Crippen LogP contribution in [0.3, 0.4) is 0 Å². The summed E-state index contributed by atoms with van der Waals surface area (Å²) in [4.78, 5) is 26.5. The molecule has 0 saturated carbocycles. The van der Waals surface area contributed by atoms with Crippen molar-refractivity contribution in [3.8, 4) is 0 Å². The molecule has 1 aromatic carbocycles. The molecular weight excluding hydrogens is 426 g/mol. The van der Waals surface area contributed by atoms with Gasteiger partial charge in [-0.2, -0.15) is 0 Å². The maximum atomic E-state index is 14.8. The first-order valence-electron chi connectivity index (χ1n) is 11.3. The molecule has 0 spiro atoms. The van der Waals surface area contributed by atoms with E-state index < -0.39 is 25.3 Å². The zero-order valence-electron chi connectivity index (χ0n) is 20.8. The fraction of sp³-hybridized carbons (Fsp3) is 0.696.